The summed E-state index contributed by atoms with van der Waals surface area (Å²) in [6.07, 6.45) is 4.20. The van der Waals surface area contributed by atoms with Gasteiger partial charge in [-0.3, -0.25) is 4.40 Å². The zero-order valence-corrected chi connectivity index (χ0v) is 10.1. The maximum Gasteiger partial charge on any atom is 0.194 e. The standard InChI is InChI=1S/C13H12N2S/c1-9-3-5-11(6-4-9)12-8-15-7-10(2)16-13(15)14-12/h3-8H,1-2H3. The van der Waals surface area contributed by atoms with Crippen LogP contribution < -0.4 is 0 Å². The van der Waals surface area contributed by atoms with Gasteiger partial charge in [0.15, 0.2) is 4.96 Å². The molecule has 0 bridgehead atoms. The van der Waals surface area contributed by atoms with Gasteiger partial charge in [-0.25, -0.2) is 4.98 Å². The van der Waals surface area contributed by atoms with Crippen molar-refractivity contribution >= 4 is 16.3 Å². The first-order chi connectivity index (χ1) is 7.72. The SMILES string of the molecule is Cc1ccc(-c2cn3cc(C)sc3n2)cc1. The number of nitrogens with zero attached hydrogens (tertiary/aromatic N) is 2. The Bertz CT molecular complexity index is 600. The average molecular weight is 228 g/mol. The van der Waals surface area contributed by atoms with Gasteiger partial charge in [-0.05, 0) is 13.8 Å². The summed E-state index contributed by atoms with van der Waals surface area (Å²) < 4.78 is 2.09. The van der Waals surface area contributed by atoms with Crippen molar-refractivity contribution in [3.05, 3.63) is 47.1 Å². The molecule has 0 saturated heterocycles. The quantitative estimate of drug-likeness (QED) is 0.621. The second-order valence-electron chi connectivity index (χ2n) is 4.02. The lowest BCUT2D eigenvalue weighted by molar-refractivity contribution is 1.22. The Labute approximate surface area is 98.2 Å². The van der Waals surface area contributed by atoms with Gasteiger partial charge in [0.05, 0.1) is 5.69 Å². The topological polar surface area (TPSA) is 17.3 Å². The molecule has 0 aliphatic rings. The van der Waals surface area contributed by atoms with Crippen LogP contribution in [-0.4, -0.2) is 9.38 Å². The van der Waals surface area contributed by atoms with Crippen LogP contribution in [0, 0.1) is 13.8 Å². The molecule has 3 rings (SSSR count). The molecule has 0 atom stereocenters. The normalized spacial score (nSPS) is 11.1. The third-order valence-electron chi connectivity index (χ3n) is 2.62. The number of benzene rings is 1. The zero-order chi connectivity index (χ0) is 11.1. The Hall–Kier alpha value is -1.61. The van der Waals surface area contributed by atoms with Crippen molar-refractivity contribution in [2.24, 2.45) is 0 Å². The Morgan fingerprint density at radius 3 is 2.50 bits per heavy atom. The van der Waals surface area contributed by atoms with Crippen LogP contribution in [0.2, 0.25) is 0 Å². The Morgan fingerprint density at radius 2 is 1.81 bits per heavy atom. The highest BCUT2D eigenvalue weighted by Gasteiger charge is 2.05. The van der Waals surface area contributed by atoms with Gasteiger partial charge in [-0.2, -0.15) is 0 Å². The molecule has 3 aromatic rings. The van der Waals surface area contributed by atoms with Gasteiger partial charge in [0.25, 0.3) is 0 Å². The van der Waals surface area contributed by atoms with Gasteiger partial charge in [0.2, 0.25) is 0 Å². The van der Waals surface area contributed by atoms with Crippen LogP contribution in [0.4, 0.5) is 0 Å². The summed E-state index contributed by atoms with van der Waals surface area (Å²) in [7, 11) is 0. The molecule has 0 N–H and O–H groups in total. The molecule has 0 amide bonds. The minimum atomic E-state index is 1.05. The molecule has 0 saturated carbocycles. The molecule has 0 unspecified atom stereocenters. The predicted octanol–water partition coefficient (Wildman–Crippen LogP) is 3.68. The van der Waals surface area contributed by atoms with Crippen molar-refractivity contribution in [3.8, 4) is 11.3 Å². The van der Waals surface area contributed by atoms with Gasteiger partial charge in [0, 0.05) is 22.8 Å². The number of imidazole rings is 1. The first-order valence-electron chi connectivity index (χ1n) is 5.24. The smallest absolute Gasteiger partial charge is 0.194 e. The second kappa shape index (κ2) is 3.46. The van der Waals surface area contributed by atoms with E-state index in [1.54, 1.807) is 11.3 Å². The van der Waals surface area contributed by atoms with Crippen LogP contribution in [0.3, 0.4) is 0 Å². The Morgan fingerprint density at radius 1 is 1.06 bits per heavy atom. The first kappa shape index (κ1) is 9.60. The molecular weight excluding hydrogens is 216 g/mol. The highest BCUT2D eigenvalue weighted by Crippen LogP contribution is 2.23. The summed E-state index contributed by atoms with van der Waals surface area (Å²) in [5.74, 6) is 0. The molecule has 1 aromatic carbocycles. The molecule has 0 spiro atoms. The van der Waals surface area contributed by atoms with Crippen molar-refractivity contribution in [1.82, 2.24) is 9.38 Å². The summed E-state index contributed by atoms with van der Waals surface area (Å²) in [6.45, 7) is 4.20. The number of thiazole rings is 1. The van der Waals surface area contributed by atoms with E-state index in [0.717, 1.165) is 10.7 Å². The molecule has 0 fully saturated rings. The van der Waals surface area contributed by atoms with Crippen molar-refractivity contribution in [3.63, 3.8) is 0 Å². The van der Waals surface area contributed by atoms with Crippen molar-refractivity contribution < 1.29 is 0 Å². The van der Waals surface area contributed by atoms with E-state index in [9.17, 15) is 0 Å². The molecule has 2 aromatic heterocycles. The lowest BCUT2D eigenvalue weighted by atomic mass is 10.1. The molecular formula is C13H12N2S. The van der Waals surface area contributed by atoms with Gasteiger partial charge >= 0.3 is 0 Å². The Kier molecular flexibility index (Phi) is 2.07. The van der Waals surface area contributed by atoms with Gasteiger partial charge in [-0.1, -0.05) is 29.8 Å². The zero-order valence-electron chi connectivity index (χ0n) is 9.27. The maximum absolute atomic E-state index is 4.61. The van der Waals surface area contributed by atoms with E-state index in [4.69, 9.17) is 0 Å². The fourth-order valence-corrected chi connectivity index (χ4v) is 2.58. The summed E-state index contributed by atoms with van der Waals surface area (Å²) in [5.41, 5.74) is 3.51. The summed E-state index contributed by atoms with van der Waals surface area (Å²) in [5, 5.41) is 0. The maximum atomic E-state index is 4.61. The number of hydrogen-bond acceptors (Lipinski definition) is 2. The van der Waals surface area contributed by atoms with Crippen LogP contribution in [0.1, 0.15) is 10.4 Å². The number of fused-ring (bicyclic) bond motifs is 1. The van der Waals surface area contributed by atoms with E-state index in [1.165, 1.54) is 16.0 Å². The lowest BCUT2D eigenvalue weighted by Crippen LogP contribution is -1.77. The minimum absolute atomic E-state index is 1.05. The van der Waals surface area contributed by atoms with E-state index in [2.05, 4.69) is 59.9 Å². The molecule has 0 aliphatic heterocycles. The number of rotatable bonds is 1. The van der Waals surface area contributed by atoms with Crippen molar-refractivity contribution in [2.75, 3.05) is 0 Å². The number of aryl methyl sites for hydroxylation is 2. The van der Waals surface area contributed by atoms with Crippen molar-refractivity contribution in [1.29, 1.82) is 0 Å². The molecule has 80 valence electrons. The fourth-order valence-electron chi connectivity index (χ4n) is 1.77. The third kappa shape index (κ3) is 1.53. The molecule has 2 heterocycles. The van der Waals surface area contributed by atoms with Gasteiger partial charge < -0.3 is 0 Å². The van der Waals surface area contributed by atoms with Crippen molar-refractivity contribution in [2.45, 2.75) is 13.8 Å². The third-order valence-corrected chi connectivity index (χ3v) is 3.53. The first-order valence-corrected chi connectivity index (χ1v) is 6.06. The minimum Gasteiger partial charge on any atom is -0.297 e. The largest absolute Gasteiger partial charge is 0.297 e. The highest BCUT2D eigenvalue weighted by molar-refractivity contribution is 7.17. The summed E-state index contributed by atoms with van der Waals surface area (Å²) >= 11 is 1.72. The number of aromatic nitrogens is 2. The van der Waals surface area contributed by atoms with Crippen LogP contribution in [0.25, 0.3) is 16.2 Å². The predicted molar refractivity (Wildman–Crippen MR) is 68.0 cm³/mol. The van der Waals surface area contributed by atoms with Crippen LogP contribution in [-0.2, 0) is 0 Å². The molecule has 0 radical (unpaired) electrons. The van der Waals surface area contributed by atoms with Crippen LogP contribution >= 0.6 is 11.3 Å². The van der Waals surface area contributed by atoms with E-state index in [-0.39, 0.29) is 0 Å². The Balaban J connectivity index is 2.11. The molecule has 3 heteroatoms. The lowest BCUT2D eigenvalue weighted by Gasteiger charge is -1.96. The van der Waals surface area contributed by atoms with E-state index in [0.29, 0.717) is 0 Å². The number of hydrogen-bond donors (Lipinski definition) is 0. The summed E-state index contributed by atoms with van der Waals surface area (Å²) in [6, 6.07) is 8.48. The average Bonchev–Trinajstić information content (AvgIpc) is 2.75. The fraction of sp³-hybridized carbons (Fsp3) is 0.154. The van der Waals surface area contributed by atoms with E-state index >= 15 is 0 Å². The molecule has 2 nitrogen and oxygen atoms in total. The van der Waals surface area contributed by atoms with Gasteiger partial charge in [-0.15, -0.1) is 11.3 Å². The molecule has 0 aliphatic carbocycles. The van der Waals surface area contributed by atoms with Crippen LogP contribution in [0.15, 0.2) is 36.7 Å². The van der Waals surface area contributed by atoms with Gasteiger partial charge in [0.1, 0.15) is 0 Å². The van der Waals surface area contributed by atoms with Crippen LogP contribution in [0.5, 0.6) is 0 Å². The highest BCUT2D eigenvalue weighted by atomic mass is 32.1. The van der Waals surface area contributed by atoms with E-state index in [1.807, 2.05) is 0 Å². The monoisotopic (exact) mass is 228 g/mol. The summed E-state index contributed by atoms with van der Waals surface area (Å²) in [4.78, 5) is 6.97. The molecule has 16 heavy (non-hydrogen) atoms. The second-order valence-corrected chi connectivity index (χ2v) is 5.24. The van der Waals surface area contributed by atoms with E-state index < -0.39 is 0 Å².